The maximum Gasteiger partial charge on any atom is 0.275 e. The van der Waals surface area contributed by atoms with Crippen molar-refractivity contribution in [2.24, 2.45) is 4.99 Å². The van der Waals surface area contributed by atoms with Gasteiger partial charge in [0.05, 0.1) is 16.0 Å². The number of rotatable bonds is 3. The molecule has 0 radical (unpaired) electrons. The minimum Gasteiger partial charge on any atom is -0.258 e. The molecular formula is C11H12N2O3. The summed E-state index contributed by atoms with van der Waals surface area (Å²) < 4.78 is 0. The minimum absolute atomic E-state index is 0.0328. The summed E-state index contributed by atoms with van der Waals surface area (Å²) in [6.07, 6.45) is 1.44. The standard InChI is InChI=1S/C11H12N2O3/c1-8-4-5-10(13(15)16)9(6-8)11(2,3)12-7-14/h4-6H,1-3H3. The van der Waals surface area contributed by atoms with Gasteiger partial charge in [0.2, 0.25) is 6.08 Å². The normalized spacial score (nSPS) is 10.7. The van der Waals surface area contributed by atoms with Gasteiger partial charge in [-0.05, 0) is 26.8 Å². The summed E-state index contributed by atoms with van der Waals surface area (Å²) >= 11 is 0. The lowest BCUT2D eigenvalue weighted by Gasteiger charge is -2.18. The molecule has 84 valence electrons. The van der Waals surface area contributed by atoms with Crippen molar-refractivity contribution in [3.05, 3.63) is 39.4 Å². The zero-order chi connectivity index (χ0) is 12.3. The molecule has 0 aliphatic rings. The molecule has 0 atom stereocenters. The molecule has 0 heterocycles. The second kappa shape index (κ2) is 4.24. The van der Waals surface area contributed by atoms with E-state index >= 15 is 0 Å². The number of carbonyl (C=O) groups excluding carboxylic acids is 1. The van der Waals surface area contributed by atoms with Crippen LogP contribution in [0.1, 0.15) is 25.0 Å². The van der Waals surface area contributed by atoms with Crippen LogP contribution in [0.2, 0.25) is 0 Å². The smallest absolute Gasteiger partial charge is 0.258 e. The molecule has 0 N–H and O–H groups in total. The summed E-state index contributed by atoms with van der Waals surface area (Å²) in [4.78, 5) is 24.3. The van der Waals surface area contributed by atoms with E-state index in [1.165, 1.54) is 12.1 Å². The molecule has 0 aliphatic heterocycles. The van der Waals surface area contributed by atoms with Crippen LogP contribution in [0.4, 0.5) is 5.69 Å². The van der Waals surface area contributed by atoms with Gasteiger partial charge in [-0.15, -0.1) is 0 Å². The first-order valence-electron chi connectivity index (χ1n) is 4.73. The molecule has 0 fully saturated rings. The Hall–Kier alpha value is -2.00. The first kappa shape index (κ1) is 12.1. The maximum absolute atomic E-state index is 10.8. The van der Waals surface area contributed by atoms with Crippen LogP contribution >= 0.6 is 0 Å². The lowest BCUT2D eigenvalue weighted by molar-refractivity contribution is -0.386. The SMILES string of the molecule is Cc1ccc([N+](=O)[O-])c(C(C)(C)N=C=O)c1. The molecule has 1 aromatic rings. The monoisotopic (exact) mass is 220 g/mol. The molecule has 5 nitrogen and oxygen atoms in total. The van der Waals surface area contributed by atoms with Crippen LogP contribution in [-0.2, 0) is 10.3 Å². The van der Waals surface area contributed by atoms with Crippen molar-refractivity contribution in [1.82, 2.24) is 0 Å². The molecule has 0 saturated carbocycles. The maximum atomic E-state index is 10.8. The van der Waals surface area contributed by atoms with Gasteiger partial charge in [0.25, 0.3) is 5.69 Å². The van der Waals surface area contributed by atoms with Gasteiger partial charge < -0.3 is 0 Å². The van der Waals surface area contributed by atoms with E-state index in [-0.39, 0.29) is 5.69 Å². The van der Waals surface area contributed by atoms with Gasteiger partial charge in [-0.2, -0.15) is 4.99 Å². The molecule has 0 amide bonds. The molecule has 1 aromatic carbocycles. The van der Waals surface area contributed by atoms with Crippen molar-refractivity contribution < 1.29 is 9.72 Å². The molecular weight excluding hydrogens is 208 g/mol. The van der Waals surface area contributed by atoms with Crippen LogP contribution in [0, 0.1) is 17.0 Å². The van der Waals surface area contributed by atoms with Gasteiger partial charge in [0.1, 0.15) is 0 Å². The van der Waals surface area contributed by atoms with Gasteiger partial charge in [-0.1, -0.05) is 11.6 Å². The Morgan fingerprint density at radius 3 is 2.56 bits per heavy atom. The molecule has 16 heavy (non-hydrogen) atoms. The highest BCUT2D eigenvalue weighted by Crippen LogP contribution is 2.32. The zero-order valence-electron chi connectivity index (χ0n) is 9.35. The molecule has 5 heteroatoms. The van der Waals surface area contributed by atoms with Crippen molar-refractivity contribution in [2.45, 2.75) is 26.3 Å². The topological polar surface area (TPSA) is 72.6 Å². The minimum atomic E-state index is -0.934. The molecule has 1 rings (SSSR count). The molecule has 0 saturated heterocycles. The van der Waals surface area contributed by atoms with Gasteiger partial charge in [-0.3, -0.25) is 10.1 Å². The van der Waals surface area contributed by atoms with E-state index in [0.29, 0.717) is 5.56 Å². The molecule has 0 bridgehead atoms. The van der Waals surface area contributed by atoms with Crippen LogP contribution in [0.15, 0.2) is 23.2 Å². The highest BCUT2D eigenvalue weighted by Gasteiger charge is 2.28. The number of benzene rings is 1. The first-order chi connectivity index (χ1) is 7.38. The second-order valence-corrected chi connectivity index (χ2v) is 4.04. The molecule has 0 spiro atoms. The van der Waals surface area contributed by atoms with Gasteiger partial charge in [-0.25, -0.2) is 4.79 Å². The predicted octanol–water partition coefficient (Wildman–Crippen LogP) is 2.47. The first-order valence-corrected chi connectivity index (χ1v) is 4.73. The highest BCUT2D eigenvalue weighted by molar-refractivity contribution is 5.48. The van der Waals surface area contributed by atoms with E-state index in [0.717, 1.165) is 5.56 Å². The van der Waals surface area contributed by atoms with Crippen molar-refractivity contribution >= 4 is 11.8 Å². The summed E-state index contributed by atoms with van der Waals surface area (Å²) in [7, 11) is 0. The van der Waals surface area contributed by atoms with Crippen molar-refractivity contribution in [1.29, 1.82) is 0 Å². The van der Waals surface area contributed by atoms with Crippen molar-refractivity contribution in [2.75, 3.05) is 0 Å². The number of nitro groups is 1. The lowest BCUT2D eigenvalue weighted by atomic mass is 9.92. The fraction of sp³-hybridized carbons (Fsp3) is 0.364. The number of hydrogen-bond donors (Lipinski definition) is 0. The van der Waals surface area contributed by atoms with Crippen LogP contribution in [0.5, 0.6) is 0 Å². The Balaban J connectivity index is 3.46. The Labute approximate surface area is 93.0 Å². The third-order valence-corrected chi connectivity index (χ3v) is 2.33. The quantitative estimate of drug-likeness (QED) is 0.340. The Morgan fingerprint density at radius 2 is 2.06 bits per heavy atom. The van der Waals surface area contributed by atoms with Gasteiger partial charge in [0.15, 0.2) is 0 Å². The van der Waals surface area contributed by atoms with Crippen molar-refractivity contribution in [3.8, 4) is 0 Å². The summed E-state index contributed by atoms with van der Waals surface area (Å²) in [6, 6.07) is 4.74. The van der Waals surface area contributed by atoms with Crippen LogP contribution < -0.4 is 0 Å². The average Bonchev–Trinajstić information content (AvgIpc) is 2.17. The highest BCUT2D eigenvalue weighted by atomic mass is 16.6. The van der Waals surface area contributed by atoms with Crippen molar-refractivity contribution in [3.63, 3.8) is 0 Å². The second-order valence-electron chi connectivity index (χ2n) is 4.04. The van der Waals surface area contributed by atoms with E-state index in [1.807, 2.05) is 6.92 Å². The van der Waals surface area contributed by atoms with E-state index in [9.17, 15) is 14.9 Å². The summed E-state index contributed by atoms with van der Waals surface area (Å²) in [5.41, 5.74) is 0.334. The molecule has 0 aliphatic carbocycles. The number of isocyanates is 1. The predicted molar refractivity (Wildman–Crippen MR) is 59.0 cm³/mol. The fourth-order valence-corrected chi connectivity index (χ4v) is 1.47. The summed E-state index contributed by atoms with van der Waals surface area (Å²) in [6.45, 7) is 5.10. The van der Waals surface area contributed by atoms with E-state index in [2.05, 4.69) is 4.99 Å². The number of nitrogens with zero attached hydrogens (tertiary/aromatic N) is 2. The van der Waals surface area contributed by atoms with Gasteiger partial charge >= 0.3 is 0 Å². The number of hydrogen-bond acceptors (Lipinski definition) is 4. The number of nitro benzene ring substituents is 1. The largest absolute Gasteiger partial charge is 0.275 e. The summed E-state index contributed by atoms with van der Waals surface area (Å²) in [5, 5.41) is 10.8. The van der Waals surface area contributed by atoms with Crippen LogP contribution in [0.25, 0.3) is 0 Å². The Kier molecular flexibility index (Phi) is 3.20. The Morgan fingerprint density at radius 1 is 1.44 bits per heavy atom. The molecule has 0 aromatic heterocycles. The van der Waals surface area contributed by atoms with Crippen LogP contribution in [-0.4, -0.2) is 11.0 Å². The van der Waals surface area contributed by atoms with E-state index in [1.54, 1.807) is 26.0 Å². The third kappa shape index (κ3) is 2.32. The number of aryl methyl sites for hydroxylation is 1. The number of aliphatic imine (C=N–C) groups is 1. The zero-order valence-corrected chi connectivity index (χ0v) is 9.35. The summed E-state index contributed by atoms with van der Waals surface area (Å²) in [5.74, 6) is 0. The molecule has 0 unspecified atom stereocenters. The fourth-order valence-electron chi connectivity index (χ4n) is 1.47. The van der Waals surface area contributed by atoms with Gasteiger partial charge in [0, 0.05) is 6.07 Å². The van der Waals surface area contributed by atoms with E-state index < -0.39 is 10.5 Å². The lowest BCUT2D eigenvalue weighted by Crippen LogP contribution is -2.16. The third-order valence-electron chi connectivity index (χ3n) is 2.33. The van der Waals surface area contributed by atoms with Crippen LogP contribution in [0.3, 0.4) is 0 Å². The Bertz CT molecular complexity index is 474. The van der Waals surface area contributed by atoms with E-state index in [4.69, 9.17) is 0 Å². The average molecular weight is 220 g/mol.